The fourth-order valence-electron chi connectivity index (χ4n) is 0.678. The minimum Gasteiger partial charge on any atom is -0.370 e. The zero-order valence-corrected chi connectivity index (χ0v) is 7.30. The van der Waals surface area contributed by atoms with E-state index in [2.05, 4.69) is 24.2 Å². The lowest BCUT2D eigenvalue weighted by Gasteiger charge is -2.05. The molecule has 0 aliphatic rings. The number of rotatable bonds is 5. The lowest BCUT2D eigenvalue weighted by atomic mass is 10.3. The molecule has 0 rings (SSSR count). The molecule has 0 atom stereocenters. The summed E-state index contributed by atoms with van der Waals surface area (Å²) in [6.45, 7) is 5.90. The maximum Gasteiger partial charge on any atom is 0.185 e. The summed E-state index contributed by atoms with van der Waals surface area (Å²) < 4.78 is 0. The van der Waals surface area contributed by atoms with E-state index < -0.39 is 0 Å². The van der Waals surface area contributed by atoms with Gasteiger partial charge in [0.05, 0.1) is 0 Å². The Labute approximate surface area is 68.1 Å². The minimum atomic E-state index is 0.176. The predicted octanol–water partition coefficient (Wildman–Crippen LogP) is -0.352. The van der Waals surface area contributed by atoms with Gasteiger partial charge in [-0.1, -0.05) is 13.8 Å². The highest BCUT2D eigenvalue weighted by Crippen LogP contribution is 1.81. The Bertz CT molecular complexity index is 116. The molecule has 0 aromatic rings. The van der Waals surface area contributed by atoms with Crippen molar-refractivity contribution in [1.82, 2.24) is 5.32 Å². The maximum absolute atomic E-state index is 5.14. The molecule has 0 fully saturated rings. The third kappa shape index (κ3) is 9.23. The van der Waals surface area contributed by atoms with Gasteiger partial charge in [-0.15, -0.1) is 0 Å². The van der Waals surface area contributed by atoms with Crippen LogP contribution in [0.1, 0.15) is 20.3 Å². The number of nitrogens with zero attached hydrogens (tertiary/aromatic N) is 1. The van der Waals surface area contributed by atoms with E-state index in [0.29, 0.717) is 12.6 Å². The van der Waals surface area contributed by atoms with Crippen molar-refractivity contribution >= 4 is 5.96 Å². The molecule has 11 heavy (non-hydrogen) atoms. The van der Waals surface area contributed by atoms with Gasteiger partial charge in [-0.3, -0.25) is 4.99 Å². The molecule has 0 saturated carbocycles. The van der Waals surface area contributed by atoms with Gasteiger partial charge >= 0.3 is 0 Å². The SMILES string of the molecule is CC(C)NCCCN=C(N)N. The number of nitrogens with one attached hydrogen (secondary N) is 1. The smallest absolute Gasteiger partial charge is 0.185 e. The predicted molar refractivity (Wildman–Crippen MR) is 48.4 cm³/mol. The van der Waals surface area contributed by atoms with Crippen LogP contribution in [0.2, 0.25) is 0 Å². The summed E-state index contributed by atoms with van der Waals surface area (Å²) >= 11 is 0. The molecule has 4 heteroatoms. The zero-order chi connectivity index (χ0) is 8.69. The molecule has 0 aromatic carbocycles. The van der Waals surface area contributed by atoms with E-state index in [4.69, 9.17) is 11.5 Å². The topological polar surface area (TPSA) is 76.4 Å². The second-order valence-electron chi connectivity index (χ2n) is 2.77. The summed E-state index contributed by atoms with van der Waals surface area (Å²) in [6.07, 6.45) is 0.982. The maximum atomic E-state index is 5.14. The van der Waals surface area contributed by atoms with Crippen LogP contribution in [0.5, 0.6) is 0 Å². The molecular formula is C7H18N4. The molecule has 5 N–H and O–H groups in total. The molecule has 0 heterocycles. The summed E-state index contributed by atoms with van der Waals surface area (Å²) in [4.78, 5) is 3.85. The molecule has 4 nitrogen and oxygen atoms in total. The van der Waals surface area contributed by atoms with Gasteiger partial charge in [0.25, 0.3) is 0 Å². The minimum absolute atomic E-state index is 0.176. The molecular weight excluding hydrogens is 140 g/mol. The summed E-state index contributed by atoms with van der Waals surface area (Å²) in [5, 5.41) is 3.27. The normalized spacial score (nSPS) is 10.1. The van der Waals surface area contributed by atoms with Gasteiger partial charge in [-0.05, 0) is 13.0 Å². The Hall–Kier alpha value is -0.770. The number of aliphatic imine (C=N–C) groups is 1. The molecule has 0 saturated heterocycles. The van der Waals surface area contributed by atoms with Crippen LogP contribution in [-0.2, 0) is 0 Å². The van der Waals surface area contributed by atoms with Gasteiger partial charge in [0.15, 0.2) is 5.96 Å². The van der Waals surface area contributed by atoms with Crippen LogP contribution in [0.25, 0.3) is 0 Å². The largest absolute Gasteiger partial charge is 0.370 e. The van der Waals surface area contributed by atoms with E-state index in [1.54, 1.807) is 0 Å². The van der Waals surface area contributed by atoms with Crippen LogP contribution in [0.3, 0.4) is 0 Å². The van der Waals surface area contributed by atoms with Gasteiger partial charge in [-0.25, -0.2) is 0 Å². The van der Waals surface area contributed by atoms with Crippen molar-refractivity contribution in [2.24, 2.45) is 16.5 Å². The van der Waals surface area contributed by atoms with Gasteiger partial charge in [0.2, 0.25) is 0 Å². The molecule has 0 aromatic heterocycles. The Morgan fingerprint density at radius 2 is 2.09 bits per heavy atom. The van der Waals surface area contributed by atoms with Crippen molar-refractivity contribution in [2.75, 3.05) is 13.1 Å². The number of guanidine groups is 1. The number of nitrogens with two attached hydrogens (primary N) is 2. The molecule has 66 valence electrons. The van der Waals surface area contributed by atoms with Gasteiger partial charge in [-0.2, -0.15) is 0 Å². The Balaban J connectivity index is 3.09. The molecule has 0 unspecified atom stereocenters. The van der Waals surface area contributed by atoms with Crippen LogP contribution in [0.15, 0.2) is 4.99 Å². The van der Waals surface area contributed by atoms with Gasteiger partial charge < -0.3 is 16.8 Å². The zero-order valence-electron chi connectivity index (χ0n) is 7.30. The van der Waals surface area contributed by atoms with Crippen molar-refractivity contribution in [2.45, 2.75) is 26.3 Å². The highest BCUT2D eigenvalue weighted by molar-refractivity contribution is 5.75. The third-order valence-electron chi connectivity index (χ3n) is 1.18. The van der Waals surface area contributed by atoms with E-state index in [-0.39, 0.29) is 5.96 Å². The molecule has 0 spiro atoms. The Morgan fingerprint density at radius 1 is 1.45 bits per heavy atom. The Morgan fingerprint density at radius 3 is 2.55 bits per heavy atom. The highest BCUT2D eigenvalue weighted by atomic mass is 15.0. The van der Waals surface area contributed by atoms with Crippen LogP contribution in [0.4, 0.5) is 0 Å². The average Bonchev–Trinajstić information content (AvgIpc) is 1.85. The fraction of sp³-hybridized carbons (Fsp3) is 0.857. The van der Waals surface area contributed by atoms with E-state index in [0.717, 1.165) is 13.0 Å². The third-order valence-corrected chi connectivity index (χ3v) is 1.18. The van der Waals surface area contributed by atoms with Crippen LogP contribution >= 0.6 is 0 Å². The first-order valence-corrected chi connectivity index (χ1v) is 3.91. The van der Waals surface area contributed by atoms with Crippen molar-refractivity contribution in [1.29, 1.82) is 0 Å². The first-order valence-electron chi connectivity index (χ1n) is 3.91. The Kier molecular flexibility index (Phi) is 5.56. The van der Waals surface area contributed by atoms with E-state index in [1.165, 1.54) is 0 Å². The van der Waals surface area contributed by atoms with Crippen LogP contribution in [-0.4, -0.2) is 25.1 Å². The van der Waals surface area contributed by atoms with Crippen molar-refractivity contribution < 1.29 is 0 Å². The summed E-state index contributed by atoms with van der Waals surface area (Å²) in [5.74, 6) is 0.176. The second-order valence-corrected chi connectivity index (χ2v) is 2.77. The van der Waals surface area contributed by atoms with Crippen LogP contribution < -0.4 is 16.8 Å². The number of hydrogen-bond acceptors (Lipinski definition) is 2. The second kappa shape index (κ2) is 5.97. The van der Waals surface area contributed by atoms with Crippen molar-refractivity contribution in [3.8, 4) is 0 Å². The molecule has 0 radical (unpaired) electrons. The van der Waals surface area contributed by atoms with E-state index in [9.17, 15) is 0 Å². The molecule has 0 amide bonds. The first-order chi connectivity index (χ1) is 5.13. The standard InChI is InChI=1S/C7H18N4/c1-6(2)10-4-3-5-11-7(8)9/h6,10H,3-5H2,1-2H3,(H4,8,9,11). The molecule has 0 bridgehead atoms. The van der Waals surface area contributed by atoms with Crippen molar-refractivity contribution in [3.05, 3.63) is 0 Å². The number of hydrogen-bond donors (Lipinski definition) is 3. The molecule has 0 aliphatic carbocycles. The van der Waals surface area contributed by atoms with Gasteiger partial charge in [0, 0.05) is 12.6 Å². The molecule has 0 aliphatic heterocycles. The average molecular weight is 158 g/mol. The fourth-order valence-corrected chi connectivity index (χ4v) is 0.678. The van der Waals surface area contributed by atoms with E-state index in [1.807, 2.05) is 0 Å². The monoisotopic (exact) mass is 158 g/mol. The lowest BCUT2D eigenvalue weighted by Crippen LogP contribution is -2.25. The quantitative estimate of drug-likeness (QED) is 0.291. The van der Waals surface area contributed by atoms with Crippen molar-refractivity contribution in [3.63, 3.8) is 0 Å². The first kappa shape index (κ1) is 10.2. The van der Waals surface area contributed by atoms with Crippen LogP contribution in [0, 0.1) is 0 Å². The van der Waals surface area contributed by atoms with E-state index >= 15 is 0 Å². The highest BCUT2D eigenvalue weighted by Gasteiger charge is 1.90. The summed E-state index contributed by atoms with van der Waals surface area (Å²) in [6, 6.07) is 0.536. The summed E-state index contributed by atoms with van der Waals surface area (Å²) in [5.41, 5.74) is 10.3. The lowest BCUT2D eigenvalue weighted by molar-refractivity contribution is 0.574. The summed E-state index contributed by atoms with van der Waals surface area (Å²) in [7, 11) is 0. The van der Waals surface area contributed by atoms with Gasteiger partial charge in [0.1, 0.15) is 0 Å².